The number of hydrogen-bond donors (Lipinski definition) is 1. The Morgan fingerprint density at radius 2 is 2.25 bits per heavy atom. The molecule has 0 unspecified atom stereocenters. The molecule has 0 radical (unpaired) electrons. The number of aliphatic carboxylic acids is 1. The van der Waals surface area contributed by atoms with E-state index in [9.17, 15) is 9.18 Å². The number of imidazole rings is 1. The molecule has 0 spiro atoms. The fraction of sp³-hybridized carbons (Fsp3) is 0.273. The molecule has 1 aromatic carbocycles. The third kappa shape index (κ3) is 1.64. The fourth-order valence-corrected chi connectivity index (χ4v) is 1.66. The monoisotopic (exact) mass is 222 g/mol. The second-order valence-electron chi connectivity index (χ2n) is 3.75. The molecule has 0 aliphatic rings. The van der Waals surface area contributed by atoms with Gasteiger partial charge in [0.1, 0.15) is 18.1 Å². The van der Waals surface area contributed by atoms with Gasteiger partial charge in [0.25, 0.3) is 0 Å². The molecular weight excluding hydrogens is 211 g/mol. The van der Waals surface area contributed by atoms with Gasteiger partial charge in [-0.2, -0.15) is 0 Å². The van der Waals surface area contributed by atoms with Gasteiger partial charge in [0.15, 0.2) is 0 Å². The van der Waals surface area contributed by atoms with E-state index in [4.69, 9.17) is 5.11 Å². The van der Waals surface area contributed by atoms with Crippen molar-refractivity contribution >= 4 is 17.0 Å². The molecule has 0 amide bonds. The van der Waals surface area contributed by atoms with Crippen LogP contribution in [0, 0.1) is 12.7 Å². The summed E-state index contributed by atoms with van der Waals surface area (Å²) < 4.78 is 14.9. The van der Waals surface area contributed by atoms with Crippen LogP contribution in [-0.2, 0) is 18.3 Å². The van der Waals surface area contributed by atoms with E-state index >= 15 is 0 Å². The number of carboxylic acid groups (broad SMARTS) is 1. The molecule has 1 aromatic heterocycles. The van der Waals surface area contributed by atoms with Gasteiger partial charge in [0.2, 0.25) is 0 Å². The molecule has 2 aromatic rings. The molecule has 16 heavy (non-hydrogen) atoms. The van der Waals surface area contributed by atoms with Gasteiger partial charge in [-0.15, -0.1) is 0 Å². The molecule has 1 heterocycles. The third-order valence-corrected chi connectivity index (χ3v) is 2.56. The Morgan fingerprint density at radius 1 is 1.56 bits per heavy atom. The number of rotatable bonds is 2. The van der Waals surface area contributed by atoms with Gasteiger partial charge < -0.3 is 9.67 Å². The van der Waals surface area contributed by atoms with Gasteiger partial charge in [-0.25, -0.2) is 9.37 Å². The first kappa shape index (κ1) is 10.6. The minimum Gasteiger partial charge on any atom is -0.481 e. The number of halogens is 1. The van der Waals surface area contributed by atoms with Crippen LogP contribution in [0.25, 0.3) is 11.0 Å². The van der Waals surface area contributed by atoms with Crippen LogP contribution in [0.5, 0.6) is 0 Å². The Bertz CT molecular complexity index is 575. The Morgan fingerprint density at radius 3 is 2.88 bits per heavy atom. The van der Waals surface area contributed by atoms with Crippen molar-refractivity contribution in [3.05, 3.63) is 29.3 Å². The predicted molar refractivity (Wildman–Crippen MR) is 56.7 cm³/mol. The van der Waals surface area contributed by atoms with E-state index in [1.165, 1.54) is 6.07 Å². The zero-order chi connectivity index (χ0) is 11.9. The van der Waals surface area contributed by atoms with Gasteiger partial charge in [-0.05, 0) is 18.6 Å². The minimum atomic E-state index is -0.949. The molecule has 0 fully saturated rings. The average molecular weight is 222 g/mol. The lowest BCUT2D eigenvalue weighted by molar-refractivity contribution is -0.136. The second-order valence-corrected chi connectivity index (χ2v) is 3.75. The molecular formula is C11H11FN2O2. The largest absolute Gasteiger partial charge is 0.481 e. The highest BCUT2D eigenvalue weighted by atomic mass is 19.1. The van der Waals surface area contributed by atoms with Crippen LogP contribution < -0.4 is 0 Å². The van der Waals surface area contributed by atoms with Crippen molar-refractivity contribution in [3.8, 4) is 0 Å². The van der Waals surface area contributed by atoms with E-state index in [1.807, 2.05) is 0 Å². The zero-order valence-corrected chi connectivity index (χ0v) is 8.99. The number of fused-ring (bicyclic) bond motifs is 1. The highest BCUT2D eigenvalue weighted by Gasteiger charge is 2.12. The summed E-state index contributed by atoms with van der Waals surface area (Å²) in [6.45, 7) is 1.65. The number of nitrogens with zero attached hydrogens (tertiary/aromatic N) is 2. The van der Waals surface area contributed by atoms with Gasteiger partial charge >= 0.3 is 5.97 Å². The standard InChI is InChI=1S/C11H11FN2O2/c1-6-3-8-9(4-7(6)12)14(2)10(13-8)5-11(15)16/h3-4H,5H2,1-2H3,(H,15,16). The molecule has 0 atom stereocenters. The van der Waals surface area contributed by atoms with Crippen molar-refractivity contribution in [1.29, 1.82) is 0 Å². The highest BCUT2D eigenvalue weighted by molar-refractivity contribution is 5.78. The summed E-state index contributed by atoms with van der Waals surface area (Å²) in [5.41, 5.74) is 1.74. The van der Waals surface area contributed by atoms with Crippen LogP contribution >= 0.6 is 0 Å². The molecule has 2 rings (SSSR count). The molecule has 0 aliphatic heterocycles. The molecule has 0 aliphatic carbocycles. The Kier molecular flexibility index (Phi) is 2.38. The van der Waals surface area contributed by atoms with Crippen LogP contribution in [0.4, 0.5) is 4.39 Å². The summed E-state index contributed by atoms with van der Waals surface area (Å²) in [7, 11) is 1.68. The first-order valence-electron chi connectivity index (χ1n) is 4.82. The predicted octanol–water partition coefficient (Wildman–Crippen LogP) is 1.65. The van der Waals surface area contributed by atoms with Crippen molar-refractivity contribution in [3.63, 3.8) is 0 Å². The van der Waals surface area contributed by atoms with Crippen molar-refractivity contribution in [2.75, 3.05) is 0 Å². The molecule has 5 heteroatoms. The van der Waals surface area contributed by atoms with Crippen LogP contribution in [0.15, 0.2) is 12.1 Å². The van der Waals surface area contributed by atoms with E-state index in [0.717, 1.165) is 0 Å². The SMILES string of the molecule is Cc1cc2nc(CC(=O)O)n(C)c2cc1F. The molecule has 4 nitrogen and oxygen atoms in total. The highest BCUT2D eigenvalue weighted by Crippen LogP contribution is 2.19. The summed E-state index contributed by atoms with van der Waals surface area (Å²) in [5.74, 6) is -0.833. The number of carboxylic acids is 1. The maximum absolute atomic E-state index is 13.3. The Hall–Kier alpha value is -1.91. The van der Waals surface area contributed by atoms with Gasteiger partial charge in [0, 0.05) is 13.1 Å². The third-order valence-electron chi connectivity index (χ3n) is 2.56. The van der Waals surface area contributed by atoms with E-state index in [1.54, 1.807) is 24.6 Å². The van der Waals surface area contributed by atoms with E-state index in [2.05, 4.69) is 4.98 Å². The summed E-state index contributed by atoms with van der Waals surface area (Å²) in [6.07, 6.45) is -0.161. The molecule has 0 saturated carbocycles. The van der Waals surface area contributed by atoms with Gasteiger partial charge in [-0.1, -0.05) is 0 Å². The number of hydrogen-bond acceptors (Lipinski definition) is 2. The van der Waals surface area contributed by atoms with Gasteiger partial charge in [-0.3, -0.25) is 4.79 Å². The topological polar surface area (TPSA) is 55.1 Å². The quantitative estimate of drug-likeness (QED) is 0.840. The van der Waals surface area contributed by atoms with Crippen LogP contribution in [0.1, 0.15) is 11.4 Å². The van der Waals surface area contributed by atoms with Crippen molar-refractivity contribution < 1.29 is 14.3 Å². The maximum Gasteiger partial charge on any atom is 0.311 e. The van der Waals surface area contributed by atoms with E-state index in [0.29, 0.717) is 22.4 Å². The number of aryl methyl sites for hydroxylation is 2. The van der Waals surface area contributed by atoms with Gasteiger partial charge in [0.05, 0.1) is 11.0 Å². The van der Waals surface area contributed by atoms with Crippen molar-refractivity contribution in [2.24, 2.45) is 7.05 Å². The lowest BCUT2D eigenvalue weighted by atomic mass is 10.2. The molecule has 84 valence electrons. The first-order chi connectivity index (χ1) is 7.49. The lowest BCUT2D eigenvalue weighted by Crippen LogP contribution is -2.06. The summed E-state index contributed by atoms with van der Waals surface area (Å²) in [4.78, 5) is 14.8. The summed E-state index contributed by atoms with van der Waals surface area (Å²) in [5, 5.41) is 8.70. The van der Waals surface area contributed by atoms with E-state index < -0.39 is 5.97 Å². The summed E-state index contributed by atoms with van der Waals surface area (Å²) in [6, 6.07) is 3.00. The Balaban J connectivity index is 2.63. The molecule has 0 saturated heterocycles. The molecule has 1 N–H and O–H groups in total. The Labute approximate surface area is 91.3 Å². The van der Waals surface area contributed by atoms with Crippen molar-refractivity contribution in [1.82, 2.24) is 9.55 Å². The first-order valence-corrected chi connectivity index (χ1v) is 4.82. The lowest BCUT2D eigenvalue weighted by Gasteiger charge is -1.99. The van der Waals surface area contributed by atoms with Crippen LogP contribution in [-0.4, -0.2) is 20.6 Å². The number of carbonyl (C=O) groups is 1. The van der Waals surface area contributed by atoms with Crippen LogP contribution in [0.3, 0.4) is 0 Å². The average Bonchev–Trinajstić information content (AvgIpc) is 2.45. The summed E-state index contributed by atoms with van der Waals surface area (Å²) >= 11 is 0. The minimum absolute atomic E-state index is 0.161. The van der Waals surface area contributed by atoms with Crippen molar-refractivity contribution in [2.45, 2.75) is 13.3 Å². The number of aromatic nitrogens is 2. The van der Waals surface area contributed by atoms with E-state index in [-0.39, 0.29) is 12.2 Å². The fourth-order valence-electron chi connectivity index (χ4n) is 1.66. The smallest absolute Gasteiger partial charge is 0.311 e. The van der Waals surface area contributed by atoms with Crippen LogP contribution in [0.2, 0.25) is 0 Å². The maximum atomic E-state index is 13.3. The normalized spacial score (nSPS) is 10.9. The zero-order valence-electron chi connectivity index (χ0n) is 8.99. The number of benzene rings is 1. The second kappa shape index (κ2) is 3.59. The molecule has 0 bridgehead atoms.